The second kappa shape index (κ2) is 7.60. The molecular formula is C17H20ClF3N2O3S. The van der Waals surface area contributed by atoms with Crippen LogP contribution in [0.3, 0.4) is 0 Å². The summed E-state index contributed by atoms with van der Waals surface area (Å²) in [6.45, 7) is 0.563. The predicted octanol–water partition coefficient (Wildman–Crippen LogP) is 3.54. The van der Waals surface area contributed by atoms with Crippen LogP contribution in [0, 0.1) is 5.92 Å². The second-order valence-electron chi connectivity index (χ2n) is 6.89. The van der Waals surface area contributed by atoms with Gasteiger partial charge in [0.25, 0.3) is 5.91 Å². The van der Waals surface area contributed by atoms with Crippen molar-refractivity contribution in [2.75, 3.05) is 26.2 Å². The van der Waals surface area contributed by atoms with Crippen LogP contribution in [0.25, 0.3) is 0 Å². The predicted molar refractivity (Wildman–Crippen MR) is 94.1 cm³/mol. The average Bonchev–Trinajstić information content (AvgIpc) is 3.16. The summed E-state index contributed by atoms with van der Waals surface area (Å²) in [4.78, 5) is 13.6. The largest absolute Gasteiger partial charge is 0.393 e. The van der Waals surface area contributed by atoms with Gasteiger partial charge in [0.2, 0.25) is 10.0 Å². The molecule has 27 heavy (non-hydrogen) atoms. The van der Waals surface area contributed by atoms with Crippen molar-refractivity contribution >= 4 is 27.5 Å². The molecule has 0 spiro atoms. The number of nitrogens with zero attached hydrogens (tertiary/aromatic N) is 2. The molecule has 0 aromatic heterocycles. The number of sulfonamides is 1. The van der Waals surface area contributed by atoms with E-state index in [4.69, 9.17) is 11.6 Å². The Morgan fingerprint density at radius 1 is 1.11 bits per heavy atom. The van der Waals surface area contributed by atoms with Gasteiger partial charge in [-0.25, -0.2) is 8.42 Å². The monoisotopic (exact) mass is 424 g/mol. The topological polar surface area (TPSA) is 57.7 Å². The highest BCUT2D eigenvalue weighted by atomic mass is 35.5. The first-order valence-electron chi connectivity index (χ1n) is 8.76. The van der Waals surface area contributed by atoms with Crippen molar-refractivity contribution in [1.29, 1.82) is 0 Å². The van der Waals surface area contributed by atoms with E-state index in [2.05, 4.69) is 0 Å². The molecule has 0 unspecified atom stereocenters. The Labute approximate surface area is 161 Å². The molecule has 2 aliphatic heterocycles. The normalized spacial score (nSPS) is 22.2. The molecule has 1 amide bonds. The molecule has 2 aliphatic rings. The molecule has 0 saturated carbocycles. The summed E-state index contributed by atoms with van der Waals surface area (Å²) in [5.41, 5.74) is 0.0278. The van der Waals surface area contributed by atoms with Crippen LogP contribution in [-0.2, 0) is 10.0 Å². The van der Waals surface area contributed by atoms with E-state index in [1.54, 1.807) is 0 Å². The zero-order valence-corrected chi connectivity index (χ0v) is 16.1. The van der Waals surface area contributed by atoms with Gasteiger partial charge in [0.05, 0.1) is 10.9 Å². The van der Waals surface area contributed by atoms with E-state index in [1.165, 1.54) is 22.5 Å². The maximum absolute atomic E-state index is 13.0. The Bertz CT molecular complexity index is 823. The smallest absolute Gasteiger partial charge is 0.338 e. The molecule has 0 bridgehead atoms. The van der Waals surface area contributed by atoms with Gasteiger partial charge in [0.15, 0.2) is 0 Å². The van der Waals surface area contributed by atoms with E-state index in [0.29, 0.717) is 13.1 Å². The summed E-state index contributed by atoms with van der Waals surface area (Å²) < 4.78 is 65.8. The summed E-state index contributed by atoms with van der Waals surface area (Å²) in [5, 5.41) is -0.00902. The first kappa shape index (κ1) is 20.4. The first-order valence-corrected chi connectivity index (χ1v) is 10.6. The molecule has 1 atom stereocenters. The number of piperidine rings is 1. The van der Waals surface area contributed by atoms with Gasteiger partial charge in [-0.15, -0.1) is 0 Å². The van der Waals surface area contributed by atoms with Gasteiger partial charge in [0, 0.05) is 31.7 Å². The number of amides is 1. The zero-order chi connectivity index (χ0) is 19.8. The molecule has 2 fully saturated rings. The van der Waals surface area contributed by atoms with E-state index in [1.807, 2.05) is 0 Å². The molecule has 0 N–H and O–H groups in total. The third kappa shape index (κ3) is 4.25. The van der Waals surface area contributed by atoms with Crippen LogP contribution in [-0.4, -0.2) is 55.9 Å². The summed E-state index contributed by atoms with van der Waals surface area (Å²) in [5.74, 6) is -2.17. The quantitative estimate of drug-likeness (QED) is 0.745. The maximum Gasteiger partial charge on any atom is 0.393 e. The molecule has 150 valence electrons. The van der Waals surface area contributed by atoms with E-state index in [0.717, 1.165) is 17.7 Å². The Morgan fingerprint density at radius 3 is 2.41 bits per heavy atom. The van der Waals surface area contributed by atoms with Crippen molar-refractivity contribution in [1.82, 2.24) is 9.21 Å². The molecule has 10 heteroatoms. The van der Waals surface area contributed by atoms with Gasteiger partial charge in [-0.2, -0.15) is 17.5 Å². The molecular weight excluding hydrogens is 405 g/mol. The standard InChI is InChI=1S/C17H20ClF3N2O3S/c18-14-6-5-12(10-15(14)27(25,26)23-8-1-2-9-23)16(24)22-7-3-4-13(11-22)17(19,20)21/h5-6,10,13H,1-4,7-9,11H2/t13-/m1/s1. The number of carbonyl (C=O) groups is 1. The van der Waals surface area contributed by atoms with E-state index < -0.39 is 34.6 Å². The minimum absolute atomic E-state index is 0.00902. The minimum Gasteiger partial charge on any atom is -0.338 e. The van der Waals surface area contributed by atoms with Crippen LogP contribution < -0.4 is 0 Å². The Hall–Kier alpha value is -1.32. The highest BCUT2D eigenvalue weighted by Crippen LogP contribution is 2.34. The summed E-state index contributed by atoms with van der Waals surface area (Å²) in [6.07, 6.45) is -2.61. The number of hydrogen-bond acceptors (Lipinski definition) is 3. The van der Waals surface area contributed by atoms with Crippen LogP contribution in [0.15, 0.2) is 23.1 Å². The number of carbonyl (C=O) groups excluding carboxylic acids is 1. The third-order valence-corrected chi connectivity index (χ3v) is 7.41. The van der Waals surface area contributed by atoms with Crippen LogP contribution in [0.2, 0.25) is 5.02 Å². The van der Waals surface area contributed by atoms with Crippen LogP contribution in [0.4, 0.5) is 13.2 Å². The lowest BCUT2D eigenvalue weighted by Gasteiger charge is -2.33. The molecule has 0 aliphatic carbocycles. The minimum atomic E-state index is -4.36. The SMILES string of the molecule is O=C(c1ccc(Cl)c(S(=O)(=O)N2CCCC2)c1)N1CCC[C@@H](C(F)(F)F)C1. The lowest BCUT2D eigenvalue weighted by Crippen LogP contribution is -2.44. The molecule has 1 aromatic carbocycles. The molecule has 2 heterocycles. The van der Waals surface area contributed by atoms with Gasteiger partial charge in [-0.05, 0) is 43.9 Å². The van der Waals surface area contributed by atoms with E-state index in [-0.39, 0.29) is 34.9 Å². The van der Waals surface area contributed by atoms with Crippen molar-refractivity contribution in [2.24, 2.45) is 5.92 Å². The maximum atomic E-state index is 13.0. The Kier molecular flexibility index (Phi) is 5.74. The van der Waals surface area contributed by atoms with Crippen molar-refractivity contribution in [2.45, 2.75) is 36.8 Å². The second-order valence-corrected chi connectivity index (χ2v) is 9.20. The number of likely N-dealkylation sites (tertiary alicyclic amines) is 1. The van der Waals surface area contributed by atoms with E-state index >= 15 is 0 Å². The first-order chi connectivity index (χ1) is 12.6. The zero-order valence-electron chi connectivity index (χ0n) is 14.5. The lowest BCUT2D eigenvalue weighted by atomic mass is 9.97. The molecule has 5 nitrogen and oxygen atoms in total. The van der Waals surface area contributed by atoms with Crippen molar-refractivity contribution in [3.05, 3.63) is 28.8 Å². The highest BCUT2D eigenvalue weighted by Gasteiger charge is 2.43. The van der Waals surface area contributed by atoms with E-state index in [9.17, 15) is 26.4 Å². The van der Waals surface area contributed by atoms with Crippen molar-refractivity contribution < 1.29 is 26.4 Å². The molecule has 0 radical (unpaired) electrons. The Balaban J connectivity index is 1.86. The number of hydrogen-bond donors (Lipinski definition) is 0. The molecule has 2 saturated heterocycles. The number of halogens is 4. The van der Waals surface area contributed by atoms with Gasteiger partial charge in [-0.1, -0.05) is 11.6 Å². The fourth-order valence-electron chi connectivity index (χ4n) is 3.51. The van der Waals surface area contributed by atoms with Gasteiger partial charge in [0.1, 0.15) is 4.90 Å². The van der Waals surface area contributed by atoms with Crippen LogP contribution in [0.1, 0.15) is 36.0 Å². The van der Waals surface area contributed by atoms with Crippen molar-refractivity contribution in [3.8, 4) is 0 Å². The highest BCUT2D eigenvalue weighted by molar-refractivity contribution is 7.89. The number of rotatable bonds is 3. The lowest BCUT2D eigenvalue weighted by molar-refractivity contribution is -0.184. The summed E-state index contributed by atoms with van der Waals surface area (Å²) in [6, 6.07) is 3.84. The van der Waals surface area contributed by atoms with Crippen molar-refractivity contribution in [3.63, 3.8) is 0 Å². The van der Waals surface area contributed by atoms with Gasteiger partial charge >= 0.3 is 6.18 Å². The fraction of sp³-hybridized carbons (Fsp3) is 0.588. The summed E-state index contributed by atoms with van der Waals surface area (Å²) in [7, 11) is -3.84. The van der Waals surface area contributed by atoms with Crippen LogP contribution >= 0.6 is 11.6 Å². The Morgan fingerprint density at radius 2 is 1.78 bits per heavy atom. The third-order valence-electron chi connectivity index (χ3n) is 5.03. The van der Waals surface area contributed by atoms with Gasteiger partial charge in [-0.3, -0.25) is 4.79 Å². The summed E-state index contributed by atoms with van der Waals surface area (Å²) >= 11 is 6.05. The number of alkyl halides is 3. The molecule has 3 rings (SSSR count). The number of benzene rings is 1. The fourth-order valence-corrected chi connectivity index (χ4v) is 5.53. The molecule has 1 aromatic rings. The van der Waals surface area contributed by atoms with Gasteiger partial charge < -0.3 is 4.90 Å². The van der Waals surface area contributed by atoms with Crippen LogP contribution in [0.5, 0.6) is 0 Å². The average molecular weight is 425 g/mol.